The zero-order valence-corrected chi connectivity index (χ0v) is 18.2. The Bertz CT molecular complexity index is 797. The van der Waals surface area contributed by atoms with E-state index in [1.165, 1.54) is 47.3 Å². The van der Waals surface area contributed by atoms with Crippen LogP contribution in [0.3, 0.4) is 0 Å². The molecule has 1 fully saturated rings. The number of hydrogen-bond donors (Lipinski definition) is 0. The molecule has 0 aliphatic carbocycles. The number of methoxy groups -OCH3 is 1. The van der Waals surface area contributed by atoms with Gasteiger partial charge < -0.3 is 9.47 Å². The van der Waals surface area contributed by atoms with Gasteiger partial charge in [0.05, 0.1) is 38.1 Å². The number of hydrogen-bond acceptors (Lipinski definition) is 4. The monoisotopic (exact) mass is 397 g/mol. The maximum atomic E-state index is 5.83. The topological polar surface area (TPSA) is 39.5 Å². The summed E-state index contributed by atoms with van der Waals surface area (Å²) in [5.74, 6) is 0.578. The fraction of sp³-hybridized carbons (Fsp3) is 0.625. The SMILES string of the molecule is COCCn1nc(C2CCCCN2Cc2ccc(C(C)C)cc2)c2c1CCOC2. The number of likely N-dealkylation sites (tertiary alicyclic amines) is 1. The van der Waals surface area contributed by atoms with Gasteiger partial charge in [-0.3, -0.25) is 9.58 Å². The van der Waals surface area contributed by atoms with Crippen molar-refractivity contribution in [2.75, 3.05) is 26.9 Å². The molecule has 0 amide bonds. The summed E-state index contributed by atoms with van der Waals surface area (Å²) in [4.78, 5) is 2.63. The molecule has 0 radical (unpaired) electrons. The summed E-state index contributed by atoms with van der Waals surface area (Å²) >= 11 is 0. The Morgan fingerprint density at radius 2 is 2.03 bits per heavy atom. The fourth-order valence-electron chi connectivity index (χ4n) is 4.70. The lowest BCUT2D eigenvalue weighted by molar-refractivity contribution is 0.102. The van der Waals surface area contributed by atoms with E-state index in [1.807, 2.05) is 0 Å². The van der Waals surface area contributed by atoms with E-state index in [9.17, 15) is 0 Å². The highest BCUT2D eigenvalue weighted by atomic mass is 16.5. The Hall–Kier alpha value is -1.69. The molecule has 1 saturated heterocycles. The fourth-order valence-corrected chi connectivity index (χ4v) is 4.70. The predicted molar refractivity (Wildman–Crippen MR) is 115 cm³/mol. The normalized spacial score (nSPS) is 20.2. The van der Waals surface area contributed by atoms with Crippen molar-refractivity contribution < 1.29 is 9.47 Å². The van der Waals surface area contributed by atoms with Crippen LogP contribution in [-0.2, 0) is 35.6 Å². The standard InChI is InChI=1S/C24H35N3O2/c1-18(2)20-9-7-19(8-10-20)16-26-12-5-4-6-23(26)24-21-17-29-14-11-22(21)27(25-24)13-15-28-3/h7-10,18,23H,4-6,11-17H2,1-3H3. The molecule has 29 heavy (non-hydrogen) atoms. The van der Waals surface area contributed by atoms with Gasteiger partial charge in [-0.25, -0.2) is 0 Å². The first-order valence-electron chi connectivity index (χ1n) is 11.2. The van der Waals surface area contributed by atoms with Gasteiger partial charge in [-0.05, 0) is 36.4 Å². The molecule has 0 spiro atoms. The highest BCUT2D eigenvalue weighted by molar-refractivity contribution is 5.31. The molecule has 5 heteroatoms. The van der Waals surface area contributed by atoms with E-state index in [1.54, 1.807) is 7.11 Å². The zero-order chi connectivity index (χ0) is 20.2. The van der Waals surface area contributed by atoms with Gasteiger partial charge in [0.15, 0.2) is 0 Å². The minimum atomic E-state index is 0.382. The summed E-state index contributed by atoms with van der Waals surface area (Å²) in [5.41, 5.74) is 6.74. The second-order valence-corrected chi connectivity index (χ2v) is 8.71. The highest BCUT2D eigenvalue weighted by Gasteiger charge is 2.31. The molecule has 4 rings (SSSR count). The average molecular weight is 398 g/mol. The molecule has 3 heterocycles. The van der Waals surface area contributed by atoms with E-state index in [0.717, 1.165) is 32.7 Å². The largest absolute Gasteiger partial charge is 0.383 e. The molecule has 2 aromatic rings. The Labute approximate surface area is 175 Å². The molecule has 1 aromatic heterocycles. The van der Waals surface area contributed by atoms with Crippen molar-refractivity contribution in [3.8, 4) is 0 Å². The summed E-state index contributed by atoms with van der Waals surface area (Å²) in [6.07, 6.45) is 4.67. The number of nitrogens with zero attached hydrogens (tertiary/aromatic N) is 3. The molecular weight excluding hydrogens is 362 g/mol. The number of benzene rings is 1. The smallest absolute Gasteiger partial charge is 0.0854 e. The quantitative estimate of drug-likeness (QED) is 0.692. The molecule has 1 atom stereocenters. The van der Waals surface area contributed by atoms with Crippen molar-refractivity contribution in [1.82, 2.24) is 14.7 Å². The predicted octanol–water partition coefficient (Wildman–Crippen LogP) is 4.45. The molecule has 1 aromatic carbocycles. The first-order chi connectivity index (χ1) is 14.2. The molecule has 0 N–H and O–H groups in total. The van der Waals surface area contributed by atoms with Crippen LogP contribution < -0.4 is 0 Å². The first-order valence-corrected chi connectivity index (χ1v) is 11.2. The lowest BCUT2D eigenvalue weighted by Gasteiger charge is -2.35. The average Bonchev–Trinajstić information content (AvgIpc) is 3.11. The Balaban J connectivity index is 1.58. The van der Waals surface area contributed by atoms with E-state index >= 15 is 0 Å². The van der Waals surface area contributed by atoms with Crippen LogP contribution in [0.2, 0.25) is 0 Å². The van der Waals surface area contributed by atoms with Gasteiger partial charge in [-0.1, -0.05) is 44.5 Å². The van der Waals surface area contributed by atoms with Crippen LogP contribution >= 0.6 is 0 Å². The summed E-state index contributed by atoms with van der Waals surface area (Å²) in [7, 11) is 1.76. The van der Waals surface area contributed by atoms with Crippen LogP contribution in [-0.4, -0.2) is 41.5 Å². The second-order valence-electron chi connectivity index (χ2n) is 8.71. The van der Waals surface area contributed by atoms with E-state index in [-0.39, 0.29) is 0 Å². The number of ether oxygens (including phenoxy) is 2. The lowest BCUT2D eigenvalue weighted by atomic mass is 9.94. The van der Waals surface area contributed by atoms with Crippen LogP contribution in [0.15, 0.2) is 24.3 Å². The Morgan fingerprint density at radius 3 is 2.79 bits per heavy atom. The van der Waals surface area contributed by atoms with E-state index < -0.39 is 0 Å². The Morgan fingerprint density at radius 1 is 1.21 bits per heavy atom. The molecule has 1 unspecified atom stereocenters. The summed E-state index contributed by atoms with van der Waals surface area (Å²) in [6.45, 7) is 9.64. The van der Waals surface area contributed by atoms with E-state index in [4.69, 9.17) is 14.6 Å². The highest BCUT2D eigenvalue weighted by Crippen LogP contribution is 2.36. The second kappa shape index (κ2) is 9.41. The zero-order valence-electron chi connectivity index (χ0n) is 18.2. The number of aromatic nitrogens is 2. The number of fused-ring (bicyclic) bond motifs is 1. The molecular formula is C24H35N3O2. The summed E-state index contributed by atoms with van der Waals surface area (Å²) < 4.78 is 13.3. The van der Waals surface area contributed by atoms with E-state index in [2.05, 4.69) is 47.7 Å². The van der Waals surface area contributed by atoms with Crippen LogP contribution in [0.5, 0.6) is 0 Å². The minimum absolute atomic E-state index is 0.382. The van der Waals surface area contributed by atoms with Gasteiger partial charge >= 0.3 is 0 Å². The molecule has 0 bridgehead atoms. The molecule has 158 valence electrons. The molecule has 2 aliphatic heterocycles. The van der Waals surface area contributed by atoms with Gasteiger partial charge in [0.25, 0.3) is 0 Å². The van der Waals surface area contributed by atoms with Crippen LogP contribution in [0.25, 0.3) is 0 Å². The lowest BCUT2D eigenvalue weighted by Crippen LogP contribution is -2.34. The Kier molecular flexibility index (Phi) is 6.68. The molecule has 5 nitrogen and oxygen atoms in total. The first kappa shape index (κ1) is 20.6. The maximum absolute atomic E-state index is 5.83. The van der Waals surface area contributed by atoms with Gasteiger partial charge in [0, 0.05) is 31.3 Å². The number of piperidine rings is 1. The summed E-state index contributed by atoms with van der Waals surface area (Å²) in [5, 5.41) is 5.10. The third-order valence-corrected chi connectivity index (χ3v) is 6.40. The van der Waals surface area contributed by atoms with Crippen molar-refractivity contribution in [2.45, 2.75) is 71.2 Å². The summed E-state index contributed by atoms with van der Waals surface area (Å²) in [6, 6.07) is 9.56. The molecule has 2 aliphatic rings. The van der Waals surface area contributed by atoms with Crippen molar-refractivity contribution in [3.05, 3.63) is 52.3 Å². The van der Waals surface area contributed by atoms with Crippen LogP contribution in [0, 0.1) is 0 Å². The van der Waals surface area contributed by atoms with Crippen molar-refractivity contribution >= 4 is 0 Å². The van der Waals surface area contributed by atoms with Gasteiger partial charge in [0.1, 0.15) is 0 Å². The molecule has 0 saturated carbocycles. The maximum Gasteiger partial charge on any atom is 0.0854 e. The van der Waals surface area contributed by atoms with Crippen LogP contribution in [0.1, 0.15) is 73.1 Å². The third kappa shape index (κ3) is 4.57. The van der Waals surface area contributed by atoms with E-state index in [0.29, 0.717) is 25.2 Å². The number of rotatable bonds is 7. The van der Waals surface area contributed by atoms with Crippen molar-refractivity contribution in [3.63, 3.8) is 0 Å². The van der Waals surface area contributed by atoms with Gasteiger partial charge in [0.2, 0.25) is 0 Å². The van der Waals surface area contributed by atoms with Gasteiger partial charge in [-0.15, -0.1) is 0 Å². The third-order valence-electron chi connectivity index (χ3n) is 6.40. The van der Waals surface area contributed by atoms with Gasteiger partial charge in [-0.2, -0.15) is 5.10 Å². The minimum Gasteiger partial charge on any atom is -0.383 e. The van der Waals surface area contributed by atoms with Crippen LogP contribution in [0.4, 0.5) is 0 Å². The van der Waals surface area contributed by atoms with Crippen molar-refractivity contribution in [1.29, 1.82) is 0 Å². The van der Waals surface area contributed by atoms with Crippen molar-refractivity contribution in [2.24, 2.45) is 0 Å².